The molecule has 4 rings (SSSR count). The fraction of sp³-hybridized carbons (Fsp3) is 0.417. The highest BCUT2D eigenvalue weighted by Gasteiger charge is 2.24. The van der Waals surface area contributed by atoms with Gasteiger partial charge in [0.15, 0.2) is 0 Å². The lowest BCUT2D eigenvalue weighted by molar-refractivity contribution is 0.130. The molecule has 0 aliphatic carbocycles. The van der Waals surface area contributed by atoms with E-state index in [1.807, 2.05) is 19.2 Å². The van der Waals surface area contributed by atoms with E-state index < -0.39 is 0 Å². The minimum absolute atomic E-state index is 0.592. The van der Waals surface area contributed by atoms with Crippen LogP contribution >= 0.6 is 0 Å². The summed E-state index contributed by atoms with van der Waals surface area (Å²) >= 11 is 0. The monoisotopic (exact) mass is 375 g/mol. The number of aromatic nitrogens is 2. The minimum Gasteiger partial charge on any atom is -0.441 e. The van der Waals surface area contributed by atoms with Crippen LogP contribution in [0.1, 0.15) is 48.4 Å². The molecule has 0 bridgehead atoms. The highest BCUT2D eigenvalue weighted by Crippen LogP contribution is 2.27. The molecule has 0 spiro atoms. The van der Waals surface area contributed by atoms with Gasteiger partial charge in [-0.2, -0.15) is 0 Å². The first kappa shape index (κ1) is 18.9. The number of benzene rings is 1. The SMILES string of the molecule is Cc1cccc(-c2nc(CN3CCCC[C@H]3CCc3ccccn3)c(C)o2)c1. The first-order valence-corrected chi connectivity index (χ1v) is 10.4. The first-order valence-electron chi connectivity index (χ1n) is 10.4. The number of likely N-dealkylation sites (tertiary alicyclic amines) is 1. The molecule has 3 heterocycles. The Morgan fingerprint density at radius 3 is 2.86 bits per heavy atom. The molecule has 1 saturated heterocycles. The van der Waals surface area contributed by atoms with Gasteiger partial charge >= 0.3 is 0 Å². The van der Waals surface area contributed by atoms with E-state index in [0.29, 0.717) is 6.04 Å². The average molecular weight is 376 g/mol. The Morgan fingerprint density at radius 2 is 2.04 bits per heavy atom. The number of rotatable bonds is 6. The van der Waals surface area contributed by atoms with Crippen molar-refractivity contribution in [2.45, 2.75) is 58.5 Å². The Bertz CT molecular complexity index is 903. The van der Waals surface area contributed by atoms with E-state index in [4.69, 9.17) is 9.40 Å². The van der Waals surface area contributed by atoms with Gasteiger partial charge in [0, 0.05) is 30.0 Å². The van der Waals surface area contributed by atoms with E-state index in [0.717, 1.165) is 48.8 Å². The van der Waals surface area contributed by atoms with Crippen molar-refractivity contribution in [3.8, 4) is 11.5 Å². The predicted molar refractivity (Wildman–Crippen MR) is 112 cm³/mol. The minimum atomic E-state index is 0.592. The zero-order valence-electron chi connectivity index (χ0n) is 16.9. The van der Waals surface area contributed by atoms with Gasteiger partial charge in [-0.05, 0) is 70.3 Å². The highest BCUT2D eigenvalue weighted by atomic mass is 16.4. The lowest BCUT2D eigenvalue weighted by Gasteiger charge is -2.35. The Morgan fingerprint density at radius 1 is 1.11 bits per heavy atom. The van der Waals surface area contributed by atoms with Crippen molar-refractivity contribution in [1.82, 2.24) is 14.9 Å². The van der Waals surface area contributed by atoms with Crippen LogP contribution in [0.25, 0.3) is 11.5 Å². The maximum atomic E-state index is 6.01. The van der Waals surface area contributed by atoms with E-state index in [9.17, 15) is 0 Å². The van der Waals surface area contributed by atoms with E-state index >= 15 is 0 Å². The number of hydrogen-bond acceptors (Lipinski definition) is 4. The third-order valence-electron chi connectivity index (χ3n) is 5.72. The fourth-order valence-electron chi connectivity index (χ4n) is 4.12. The second-order valence-electron chi connectivity index (χ2n) is 7.87. The van der Waals surface area contributed by atoms with Crippen LogP contribution in [0.3, 0.4) is 0 Å². The molecule has 4 heteroatoms. The summed E-state index contributed by atoms with van der Waals surface area (Å²) < 4.78 is 6.01. The van der Waals surface area contributed by atoms with Gasteiger partial charge < -0.3 is 4.42 Å². The molecule has 28 heavy (non-hydrogen) atoms. The summed E-state index contributed by atoms with van der Waals surface area (Å²) in [5, 5.41) is 0. The summed E-state index contributed by atoms with van der Waals surface area (Å²) in [6.45, 7) is 6.14. The third-order valence-corrected chi connectivity index (χ3v) is 5.72. The van der Waals surface area contributed by atoms with Gasteiger partial charge in [-0.1, -0.05) is 30.2 Å². The topological polar surface area (TPSA) is 42.2 Å². The Balaban J connectivity index is 1.45. The predicted octanol–water partition coefficient (Wildman–Crippen LogP) is 5.34. The van der Waals surface area contributed by atoms with E-state index in [1.54, 1.807) is 0 Å². The largest absolute Gasteiger partial charge is 0.441 e. The standard InChI is InChI=1S/C24H29N3O/c1-18-8-7-9-20(16-18)24-26-23(19(2)28-24)17-27-15-6-4-11-22(27)13-12-21-10-3-5-14-25-21/h3,5,7-10,14,16,22H,4,6,11-13,15,17H2,1-2H3/t22-/m0/s1. The molecule has 0 amide bonds. The smallest absolute Gasteiger partial charge is 0.226 e. The molecule has 1 aromatic carbocycles. The van der Waals surface area contributed by atoms with Crippen LogP contribution in [0.4, 0.5) is 0 Å². The molecule has 0 saturated carbocycles. The normalized spacial score (nSPS) is 17.7. The van der Waals surface area contributed by atoms with Crippen molar-refractivity contribution in [2.24, 2.45) is 0 Å². The molecule has 0 radical (unpaired) electrons. The van der Waals surface area contributed by atoms with Crippen LogP contribution in [0.5, 0.6) is 0 Å². The van der Waals surface area contributed by atoms with Crippen molar-refractivity contribution in [2.75, 3.05) is 6.54 Å². The summed E-state index contributed by atoms with van der Waals surface area (Å²) in [7, 11) is 0. The molecule has 1 aliphatic heterocycles. The lowest BCUT2D eigenvalue weighted by atomic mass is 9.96. The first-order chi connectivity index (χ1) is 13.7. The van der Waals surface area contributed by atoms with Crippen LogP contribution in [-0.4, -0.2) is 27.5 Å². The second kappa shape index (κ2) is 8.70. The Kier molecular flexibility index (Phi) is 5.87. The van der Waals surface area contributed by atoms with Crippen LogP contribution in [-0.2, 0) is 13.0 Å². The van der Waals surface area contributed by atoms with Gasteiger partial charge in [0.1, 0.15) is 5.76 Å². The van der Waals surface area contributed by atoms with Crippen LogP contribution < -0.4 is 0 Å². The maximum Gasteiger partial charge on any atom is 0.226 e. The fourth-order valence-corrected chi connectivity index (χ4v) is 4.12. The third kappa shape index (κ3) is 4.50. The van der Waals surface area contributed by atoms with Crippen molar-refractivity contribution in [1.29, 1.82) is 0 Å². The average Bonchev–Trinajstić information content (AvgIpc) is 3.09. The van der Waals surface area contributed by atoms with Gasteiger partial charge in [0.25, 0.3) is 0 Å². The van der Waals surface area contributed by atoms with Gasteiger partial charge in [-0.3, -0.25) is 9.88 Å². The summed E-state index contributed by atoms with van der Waals surface area (Å²) in [6.07, 6.45) is 7.92. The van der Waals surface area contributed by atoms with Crippen LogP contribution in [0, 0.1) is 13.8 Å². The van der Waals surface area contributed by atoms with Gasteiger partial charge in [-0.15, -0.1) is 0 Å². The number of oxazole rings is 1. The number of nitrogens with zero attached hydrogens (tertiary/aromatic N) is 3. The summed E-state index contributed by atoms with van der Waals surface area (Å²) in [4.78, 5) is 11.9. The van der Waals surface area contributed by atoms with Gasteiger partial charge in [0.2, 0.25) is 5.89 Å². The molecule has 2 aromatic heterocycles. The Labute approximate surface area is 167 Å². The molecule has 3 aromatic rings. The number of hydrogen-bond donors (Lipinski definition) is 0. The van der Waals surface area contributed by atoms with Gasteiger partial charge in [0.05, 0.1) is 5.69 Å². The molecule has 1 aliphatic rings. The quantitative estimate of drug-likeness (QED) is 0.583. The zero-order chi connectivity index (χ0) is 19.3. The molecule has 1 atom stereocenters. The zero-order valence-corrected chi connectivity index (χ0v) is 16.9. The van der Waals surface area contributed by atoms with Crippen molar-refractivity contribution < 1.29 is 4.42 Å². The molecule has 1 fully saturated rings. The molecule has 0 N–H and O–H groups in total. The molecule has 0 unspecified atom stereocenters. The molecule has 4 nitrogen and oxygen atoms in total. The number of aryl methyl sites for hydroxylation is 3. The Hall–Kier alpha value is -2.46. The molecule has 146 valence electrons. The highest BCUT2D eigenvalue weighted by molar-refractivity contribution is 5.54. The van der Waals surface area contributed by atoms with Crippen molar-refractivity contribution in [3.63, 3.8) is 0 Å². The van der Waals surface area contributed by atoms with Crippen LogP contribution in [0.2, 0.25) is 0 Å². The number of pyridine rings is 1. The summed E-state index contributed by atoms with van der Waals surface area (Å²) in [5.41, 5.74) is 4.54. The lowest BCUT2D eigenvalue weighted by Crippen LogP contribution is -2.39. The van der Waals surface area contributed by atoms with Crippen LogP contribution in [0.15, 0.2) is 53.1 Å². The van der Waals surface area contributed by atoms with E-state index in [2.05, 4.69) is 53.2 Å². The van der Waals surface area contributed by atoms with E-state index in [1.165, 1.54) is 30.5 Å². The molecular formula is C24H29N3O. The summed E-state index contributed by atoms with van der Waals surface area (Å²) in [5.74, 6) is 1.67. The van der Waals surface area contributed by atoms with Crippen molar-refractivity contribution >= 4 is 0 Å². The van der Waals surface area contributed by atoms with Gasteiger partial charge in [-0.25, -0.2) is 4.98 Å². The van der Waals surface area contributed by atoms with Crippen molar-refractivity contribution in [3.05, 3.63) is 71.4 Å². The maximum absolute atomic E-state index is 6.01. The summed E-state index contributed by atoms with van der Waals surface area (Å²) in [6, 6.07) is 15.1. The number of piperidine rings is 1. The molecular weight excluding hydrogens is 346 g/mol. The second-order valence-corrected chi connectivity index (χ2v) is 7.87. The van der Waals surface area contributed by atoms with E-state index in [-0.39, 0.29) is 0 Å².